The second-order valence-electron chi connectivity index (χ2n) is 6.89. The fourth-order valence-corrected chi connectivity index (χ4v) is 3.23. The zero-order chi connectivity index (χ0) is 22.5. The minimum atomic E-state index is -0.835. The van der Waals surface area contributed by atoms with Gasteiger partial charge in [0.05, 0.1) is 11.1 Å². The highest BCUT2D eigenvalue weighted by Crippen LogP contribution is 2.27. The van der Waals surface area contributed by atoms with Crippen LogP contribution in [0.15, 0.2) is 72.9 Å². The first-order chi connectivity index (χ1) is 15.5. The number of nitrogens with one attached hydrogen (secondary N) is 3. The third-order valence-corrected chi connectivity index (χ3v) is 4.76. The van der Waals surface area contributed by atoms with E-state index in [1.54, 1.807) is 36.5 Å². The van der Waals surface area contributed by atoms with Crippen molar-refractivity contribution in [3.8, 4) is 0 Å². The summed E-state index contributed by atoms with van der Waals surface area (Å²) in [5, 5.41) is 9.34. The molecule has 0 spiro atoms. The molecule has 160 valence electrons. The number of aromatic nitrogens is 2. The van der Waals surface area contributed by atoms with Crippen molar-refractivity contribution in [3.63, 3.8) is 0 Å². The summed E-state index contributed by atoms with van der Waals surface area (Å²) >= 11 is 0. The Bertz CT molecular complexity index is 1280. The fraction of sp³-hybridized carbons (Fsp3) is 0.0435. The molecule has 0 aliphatic heterocycles. The lowest BCUT2D eigenvalue weighted by molar-refractivity contribution is -0.110. The van der Waals surface area contributed by atoms with Crippen LogP contribution in [0.5, 0.6) is 0 Å². The molecule has 5 N–H and O–H groups in total. The minimum Gasteiger partial charge on any atom is -0.365 e. The number of anilines is 3. The summed E-state index contributed by atoms with van der Waals surface area (Å²) in [6, 6.07) is 19.0. The summed E-state index contributed by atoms with van der Waals surface area (Å²) in [6.45, 7) is 0. The first-order valence-electron chi connectivity index (χ1n) is 9.68. The maximum absolute atomic E-state index is 14.8. The first kappa shape index (κ1) is 20.7. The molecule has 0 aliphatic rings. The fourth-order valence-electron chi connectivity index (χ4n) is 3.23. The summed E-state index contributed by atoms with van der Waals surface area (Å²) in [5.41, 5.74) is 7.44. The van der Waals surface area contributed by atoms with Crippen molar-refractivity contribution in [1.82, 2.24) is 15.3 Å². The summed E-state index contributed by atoms with van der Waals surface area (Å²) in [4.78, 5) is 31.5. The molecule has 0 saturated carbocycles. The average Bonchev–Trinajstić information content (AvgIpc) is 2.81. The maximum Gasteiger partial charge on any atom is 0.252 e. The van der Waals surface area contributed by atoms with E-state index in [2.05, 4.69) is 25.9 Å². The molecule has 0 unspecified atom stereocenters. The zero-order valence-electron chi connectivity index (χ0n) is 16.7. The van der Waals surface area contributed by atoms with Gasteiger partial charge in [-0.15, -0.1) is 0 Å². The minimum absolute atomic E-state index is 0.0718. The average molecular weight is 430 g/mol. The number of halogens is 1. The predicted molar refractivity (Wildman–Crippen MR) is 120 cm³/mol. The van der Waals surface area contributed by atoms with Gasteiger partial charge in [0, 0.05) is 17.3 Å². The lowest BCUT2D eigenvalue weighted by Gasteiger charge is -2.20. The van der Waals surface area contributed by atoms with Gasteiger partial charge in [-0.3, -0.25) is 14.6 Å². The lowest BCUT2D eigenvalue weighted by atomic mass is 10.1. The van der Waals surface area contributed by atoms with E-state index in [1.165, 1.54) is 0 Å². The van der Waals surface area contributed by atoms with Gasteiger partial charge < -0.3 is 21.7 Å². The number of carbonyl (C=O) groups excluding carboxylic acids is 2. The van der Waals surface area contributed by atoms with Crippen LogP contribution >= 0.6 is 0 Å². The van der Waals surface area contributed by atoms with Gasteiger partial charge in [-0.2, -0.15) is 0 Å². The van der Waals surface area contributed by atoms with Gasteiger partial charge >= 0.3 is 0 Å². The molecule has 9 heteroatoms. The molecule has 0 radical (unpaired) electrons. The SMILES string of the molecule is NC(=O)c1cc(F)c(N[C@@H](NC=O)c2ccccc2)nc1Nc1ccc2ncccc2c1. The molecule has 4 rings (SSSR count). The molecule has 2 aromatic heterocycles. The van der Waals surface area contributed by atoms with Crippen LogP contribution in [-0.2, 0) is 4.79 Å². The van der Waals surface area contributed by atoms with Crippen LogP contribution in [0.2, 0.25) is 0 Å². The Morgan fingerprint density at radius 1 is 1.03 bits per heavy atom. The van der Waals surface area contributed by atoms with Crippen molar-refractivity contribution in [3.05, 3.63) is 89.9 Å². The molecule has 32 heavy (non-hydrogen) atoms. The third kappa shape index (κ3) is 4.46. The monoisotopic (exact) mass is 430 g/mol. The van der Waals surface area contributed by atoms with E-state index in [0.717, 1.165) is 17.0 Å². The van der Waals surface area contributed by atoms with E-state index in [9.17, 15) is 14.0 Å². The van der Waals surface area contributed by atoms with Crippen LogP contribution in [0, 0.1) is 5.82 Å². The van der Waals surface area contributed by atoms with Crippen molar-refractivity contribution in [2.45, 2.75) is 6.17 Å². The highest BCUT2D eigenvalue weighted by Gasteiger charge is 2.19. The number of hydrogen-bond acceptors (Lipinski definition) is 6. The van der Waals surface area contributed by atoms with Gasteiger partial charge in [0.25, 0.3) is 5.91 Å². The molecule has 0 saturated heterocycles. The third-order valence-electron chi connectivity index (χ3n) is 4.76. The molecule has 2 heterocycles. The van der Waals surface area contributed by atoms with E-state index < -0.39 is 17.9 Å². The standard InChI is InChI=1S/C23H19FN6O2/c24-18-12-17(20(25)32)22(28-16-8-9-19-15(11-16)7-4-10-26-19)30-23(18)29-21(27-13-31)14-5-2-1-3-6-14/h1-13,21H,(H2,25,32)(H,27,31)(H2,28,29,30)/t21-/m1/s1. The normalized spacial score (nSPS) is 11.5. The van der Waals surface area contributed by atoms with E-state index in [-0.39, 0.29) is 17.2 Å². The van der Waals surface area contributed by atoms with Crippen LogP contribution in [0.4, 0.5) is 21.7 Å². The van der Waals surface area contributed by atoms with Gasteiger partial charge in [0.15, 0.2) is 11.6 Å². The Balaban J connectivity index is 1.70. The van der Waals surface area contributed by atoms with Gasteiger partial charge in [-0.1, -0.05) is 36.4 Å². The number of benzene rings is 2. The molecular formula is C23H19FN6O2. The molecule has 0 fully saturated rings. The number of rotatable bonds is 8. The maximum atomic E-state index is 14.8. The van der Waals surface area contributed by atoms with Crippen LogP contribution in [0.1, 0.15) is 22.1 Å². The van der Waals surface area contributed by atoms with Crippen molar-refractivity contribution in [2.24, 2.45) is 5.73 Å². The molecule has 2 amide bonds. The second-order valence-corrected chi connectivity index (χ2v) is 6.89. The Morgan fingerprint density at radius 2 is 1.84 bits per heavy atom. The van der Waals surface area contributed by atoms with Crippen LogP contribution in [0.25, 0.3) is 10.9 Å². The smallest absolute Gasteiger partial charge is 0.252 e. The largest absolute Gasteiger partial charge is 0.365 e. The molecule has 0 aliphatic carbocycles. The van der Waals surface area contributed by atoms with E-state index >= 15 is 0 Å². The summed E-state index contributed by atoms with van der Waals surface area (Å²) < 4.78 is 14.8. The Hall–Kier alpha value is -4.53. The molecule has 8 nitrogen and oxygen atoms in total. The Kier molecular flexibility index (Phi) is 5.89. The van der Waals surface area contributed by atoms with Crippen LogP contribution in [0.3, 0.4) is 0 Å². The number of pyridine rings is 2. The van der Waals surface area contributed by atoms with Gasteiger partial charge in [0.2, 0.25) is 6.41 Å². The summed E-state index contributed by atoms with van der Waals surface area (Å²) in [5.74, 6) is -1.72. The number of carbonyl (C=O) groups is 2. The number of nitrogens with zero attached hydrogens (tertiary/aromatic N) is 2. The lowest BCUT2D eigenvalue weighted by Crippen LogP contribution is -2.28. The summed E-state index contributed by atoms with van der Waals surface area (Å²) in [6.07, 6.45) is 1.45. The number of primary amides is 1. The van der Waals surface area contributed by atoms with Crippen molar-refractivity contribution < 1.29 is 14.0 Å². The Labute approximate surface area is 182 Å². The van der Waals surface area contributed by atoms with Crippen molar-refractivity contribution >= 4 is 40.5 Å². The molecule has 4 aromatic rings. The molecular weight excluding hydrogens is 411 g/mol. The topological polar surface area (TPSA) is 122 Å². The highest BCUT2D eigenvalue weighted by atomic mass is 19.1. The van der Waals surface area contributed by atoms with Crippen LogP contribution in [-0.4, -0.2) is 22.3 Å². The van der Waals surface area contributed by atoms with Crippen molar-refractivity contribution in [1.29, 1.82) is 0 Å². The van der Waals surface area contributed by atoms with E-state index in [1.807, 2.05) is 30.3 Å². The number of hydrogen-bond donors (Lipinski definition) is 4. The van der Waals surface area contributed by atoms with Crippen molar-refractivity contribution in [2.75, 3.05) is 10.6 Å². The first-order valence-corrected chi connectivity index (χ1v) is 9.68. The van der Waals surface area contributed by atoms with Gasteiger partial charge in [-0.25, -0.2) is 9.37 Å². The zero-order valence-corrected chi connectivity index (χ0v) is 16.7. The number of fused-ring (bicyclic) bond motifs is 1. The molecule has 1 atom stereocenters. The van der Waals surface area contributed by atoms with Crippen LogP contribution < -0.4 is 21.7 Å². The van der Waals surface area contributed by atoms with E-state index in [4.69, 9.17) is 5.73 Å². The molecule has 2 aromatic carbocycles. The highest BCUT2D eigenvalue weighted by molar-refractivity contribution is 5.99. The van der Waals surface area contributed by atoms with Gasteiger partial charge in [0.1, 0.15) is 12.0 Å². The Morgan fingerprint density at radius 3 is 2.59 bits per heavy atom. The van der Waals surface area contributed by atoms with E-state index in [0.29, 0.717) is 17.7 Å². The summed E-state index contributed by atoms with van der Waals surface area (Å²) in [7, 11) is 0. The predicted octanol–water partition coefficient (Wildman–Crippen LogP) is 3.47. The van der Waals surface area contributed by atoms with Gasteiger partial charge in [-0.05, 0) is 35.9 Å². The second kappa shape index (κ2) is 9.09. The number of amides is 2. The quantitative estimate of drug-likeness (QED) is 0.251. The molecule has 0 bridgehead atoms. The number of nitrogens with two attached hydrogens (primary N) is 1.